The highest BCUT2D eigenvalue weighted by molar-refractivity contribution is 5.90. The number of Topliss-reactive ketones (excluding diaryl/α,β-unsaturated/α-hetero) is 1. The van der Waals surface area contributed by atoms with Crippen LogP contribution >= 0.6 is 0 Å². The van der Waals surface area contributed by atoms with Crippen LogP contribution < -0.4 is 0 Å². The molecule has 1 spiro atoms. The summed E-state index contributed by atoms with van der Waals surface area (Å²) in [6.45, 7) is 0.985. The van der Waals surface area contributed by atoms with E-state index in [2.05, 4.69) is 11.9 Å². The van der Waals surface area contributed by atoms with Crippen LogP contribution in [0, 0.1) is 0 Å². The van der Waals surface area contributed by atoms with Gasteiger partial charge in [-0.1, -0.05) is 19.3 Å². The summed E-state index contributed by atoms with van der Waals surface area (Å²) in [6.07, 6.45) is 6.83. The summed E-state index contributed by atoms with van der Waals surface area (Å²) in [5, 5.41) is 0. The number of hydrogen-bond acceptors (Lipinski definition) is 2. The molecule has 2 aliphatic rings. The number of rotatable bonds is 0. The van der Waals surface area contributed by atoms with Crippen LogP contribution in [-0.2, 0) is 4.79 Å². The van der Waals surface area contributed by atoms with Crippen LogP contribution in [0.3, 0.4) is 0 Å². The van der Waals surface area contributed by atoms with Gasteiger partial charge in [0, 0.05) is 13.0 Å². The molecule has 0 unspecified atom stereocenters. The predicted molar refractivity (Wildman–Crippen MR) is 48.1 cm³/mol. The zero-order chi connectivity index (χ0) is 8.60. The monoisotopic (exact) mass is 167 g/mol. The average Bonchev–Trinajstić information content (AvgIpc) is 2.36. The average molecular weight is 167 g/mol. The van der Waals surface area contributed by atoms with Crippen molar-refractivity contribution >= 4 is 5.78 Å². The van der Waals surface area contributed by atoms with Crippen LogP contribution in [0.15, 0.2) is 0 Å². The van der Waals surface area contributed by atoms with Crippen molar-refractivity contribution in [3.05, 3.63) is 0 Å². The summed E-state index contributed by atoms with van der Waals surface area (Å²) in [4.78, 5) is 14.0. The Balaban J connectivity index is 2.20. The summed E-state index contributed by atoms with van der Waals surface area (Å²) in [5.41, 5.74) is -0.0156. The molecule has 68 valence electrons. The van der Waals surface area contributed by atoms with Gasteiger partial charge in [0.1, 0.15) is 0 Å². The second-order valence-corrected chi connectivity index (χ2v) is 4.19. The second-order valence-electron chi connectivity index (χ2n) is 4.19. The van der Waals surface area contributed by atoms with Crippen LogP contribution in [-0.4, -0.2) is 29.8 Å². The van der Waals surface area contributed by atoms with Gasteiger partial charge < -0.3 is 0 Å². The maximum absolute atomic E-state index is 11.7. The SMILES string of the molecule is CN1CCC(=O)C12CCCCC2. The minimum atomic E-state index is -0.0156. The molecule has 0 N–H and O–H groups in total. The van der Waals surface area contributed by atoms with Crippen molar-refractivity contribution in [2.45, 2.75) is 44.1 Å². The lowest BCUT2D eigenvalue weighted by atomic mass is 9.79. The van der Waals surface area contributed by atoms with E-state index >= 15 is 0 Å². The van der Waals surface area contributed by atoms with E-state index in [1.54, 1.807) is 0 Å². The van der Waals surface area contributed by atoms with Gasteiger partial charge in [0.05, 0.1) is 5.54 Å². The number of carbonyl (C=O) groups is 1. The fourth-order valence-electron chi connectivity index (χ4n) is 2.73. The number of carbonyl (C=O) groups excluding carboxylic acids is 1. The summed E-state index contributed by atoms with van der Waals surface area (Å²) >= 11 is 0. The normalized spacial score (nSPS) is 29.9. The van der Waals surface area contributed by atoms with Crippen LogP contribution in [0.4, 0.5) is 0 Å². The quantitative estimate of drug-likeness (QED) is 0.546. The van der Waals surface area contributed by atoms with E-state index in [-0.39, 0.29) is 5.54 Å². The van der Waals surface area contributed by atoms with E-state index in [9.17, 15) is 4.79 Å². The fraction of sp³-hybridized carbons (Fsp3) is 0.900. The van der Waals surface area contributed by atoms with Crippen molar-refractivity contribution in [1.82, 2.24) is 4.90 Å². The fourth-order valence-corrected chi connectivity index (χ4v) is 2.73. The third-order valence-corrected chi connectivity index (χ3v) is 3.60. The molecule has 0 radical (unpaired) electrons. The molecular weight excluding hydrogens is 150 g/mol. The van der Waals surface area contributed by atoms with Crippen LogP contribution in [0.5, 0.6) is 0 Å². The minimum Gasteiger partial charge on any atom is -0.298 e. The number of likely N-dealkylation sites (tertiary alicyclic amines) is 1. The summed E-state index contributed by atoms with van der Waals surface area (Å²) in [7, 11) is 2.11. The molecule has 2 nitrogen and oxygen atoms in total. The van der Waals surface area contributed by atoms with Crippen molar-refractivity contribution in [2.75, 3.05) is 13.6 Å². The van der Waals surface area contributed by atoms with Crippen LogP contribution in [0.2, 0.25) is 0 Å². The maximum Gasteiger partial charge on any atom is 0.154 e. The standard InChI is InChI=1S/C10H17NO/c1-11-8-5-9(12)10(11)6-3-2-4-7-10/h2-8H2,1H3. The van der Waals surface area contributed by atoms with Crippen molar-refractivity contribution in [3.63, 3.8) is 0 Å². The Kier molecular flexibility index (Phi) is 1.95. The molecule has 1 aliphatic heterocycles. The van der Waals surface area contributed by atoms with E-state index in [1.165, 1.54) is 19.3 Å². The van der Waals surface area contributed by atoms with Crippen molar-refractivity contribution in [2.24, 2.45) is 0 Å². The van der Waals surface area contributed by atoms with Crippen molar-refractivity contribution in [3.8, 4) is 0 Å². The van der Waals surface area contributed by atoms with Gasteiger partial charge in [-0.3, -0.25) is 9.69 Å². The molecule has 0 amide bonds. The molecule has 2 heteroatoms. The Labute approximate surface area is 73.9 Å². The summed E-state index contributed by atoms with van der Waals surface area (Å²) in [5.74, 6) is 0.504. The number of hydrogen-bond donors (Lipinski definition) is 0. The van der Waals surface area contributed by atoms with Gasteiger partial charge in [0.2, 0.25) is 0 Å². The molecule has 2 rings (SSSR count). The Morgan fingerprint density at radius 2 is 1.92 bits per heavy atom. The highest BCUT2D eigenvalue weighted by Crippen LogP contribution is 2.37. The molecule has 1 heterocycles. The van der Waals surface area contributed by atoms with E-state index in [4.69, 9.17) is 0 Å². The molecule has 0 bridgehead atoms. The Hall–Kier alpha value is -0.370. The van der Waals surface area contributed by atoms with Gasteiger partial charge in [-0.15, -0.1) is 0 Å². The zero-order valence-electron chi connectivity index (χ0n) is 7.81. The molecule has 0 aromatic carbocycles. The molecule has 1 saturated heterocycles. The lowest BCUT2D eigenvalue weighted by Crippen LogP contribution is -2.47. The van der Waals surface area contributed by atoms with Gasteiger partial charge >= 0.3 is 0 Å². The molecule has 2 fully saturated rings. The third kappa shape index (κ3) is 1.01. The second kappa shape index (κ2) is 2.84. The molecular formula is C10H17NO. The van der Waals surface area contributed by atoms with E-state index < -0.39 is 0 Å². The maximum atomic E-state index is 11.7. The first-order chi connectivity index (χ1) is 5.76. The highest BCUT2D eigenvalue weighted by Gasteiger charge is 2.46. The van der Waals surface area contributed by atoms with E-state index in [0.717, 1.165) is 25.8 Å². The molecule has 0 aromatic heterocycles. The smallest absolute Gasteiger partial charge is 0.154 e. The van der Waals surface area contributed by atoms with Gasteiger partial charge in [0.15, 0.2) is 5.78 Å². The first-order valence-corrected chi connectivity index (χ1v) is 5.00. The summed E-state index contributed by atoms with van der Waals surface area (Å²) in [6, 6.07) is 0. The van der Waals surface area contributed by atoms with Gasteiger partial charge in [-0.05, 0) is 19.9 Å². The van der Waals surface area contributed by atoms with Crippen LogP contribution in [0.25, 0.3) is 0 Å². The number of likely N-dealkylation sites (N-methyl/N-ethyl adjacent to an activating group) is 1. The lowest BCUT2D eigenvalue weighted by Gasteiger charge is -2.37. The Morgan fingerprint density at radius 1 is 1.25 bits per heavy atom. The van der Waals surface area contributed by atoms with Crippen molar-refractivity contribution < 1.29 is 4.79 Å². The zero-order valence-corrected chi connectivity index (χ0v) is 7.81. The Morgan fingerprint density at radius 3 is 2.42 bits per heavy atom. The van der Waals surface area contributed by atoms with Gasteiger partial charge in [-0.2, -0.15) is 0 Å². The minimum absolute atomic E-state index is 0.0156. The third-order valence-electron chi connectivity index (χ3n) is 3.60. The molecule has 1 aliphatic carbocycles. The summed E-state index contributed by atoms with van der Waals surface area (Å²) < 4.78 is 0. The van der Waals surface area contributed by atoms with Gasteiger partial charge in [0.25, 0.3) is 0 Å². The Bertz CT molecular complexity index is 194. The van der Waals surface area contributed by atoms with Crippen LogP contribution in [0.1, 0.15) is 38.5 Å². The molecule has 12 heavy (non-hydrogen) atoms. The van der Waals surface area contributed by atoms with Gasteiger partial charge in [-0.25, -0.2) is 0 Å². The van der Waals surface area contributed by atoms with E-state index in [1.807, 2.05) is 0 Å². The number of ketones is 1. The number of nitrogens with zero attached hydrogens (tertiary/aromatic N) is 1. The molecule has 0 atom stereocenters. The largest absolute Gasteiger partial charge is 0.298 e. The predicted octanol–water partition coefficient (Wildman–Crippen LogP) is 1.59. The first-order valence-electron chi connectivity index (χ1n) is 5.00. The highest BCUT2D eigenvalue weighted by atomic mass is 16.1. The lowest BCUT2D eigenvalue weighted by molar-refractivity contribution is -0.126. The van der Waals surface area contributed by atoms with Crippen molar-refractivity contribution in [1.29, 1.82) is 0 Å². The topological polar surface area (TPSA) is 20.3 Å². The molecule has 1 saturated carbocycles. The molecule has 0 aromatic rings. The first kappa shape index (κ1) is 8.24. The van der Waals surface area contributed by atoms with E-state index in [0.29, 0.717) is 5.78 Å².